The average Bonchev–Trinajstić information content (AvgIpc) is 2.92. The van der Waals surface area contributed by atoms with Gasteiger partial charge >= 0.3 is 0 Å². The fourth-order valence-electron chi connectivity index (χ4n) is 1.84. The lowest BCUT2D eigenvalue weighted by Gasteiger charge is -2.20. The van der Waals surface area contributed by atoms with Crippen molar-refractivity contribution >= 4 is 22.7 Å². The third-order valence-electron chi connectivity index (χ3n) is 3.07. The van der Waals surface area contributed by atoms with Crippen LogP contribution in [0.2, 0.25) is 0 Å². The molecule has 20 heavy (non-hydrogen) atoms. The SMILES string of the molecule is Cc1cc(-c2nnc(CCCNC(C)(C)C)s2)sc1C. The van der Waals surface area contributed by atoms with Crippen LogP contribution in [0.1, 0.15) is 42.6 Å². The first kappa shape index (κ1) is 15.6. The molecule has 0 radical (unpaired) electrons. The highest BCUT2D eigenvalue weighted by molar-refractivity contribution is 7.21. The Labute approximate surface area is 129 Å². The zero-order valence-electron chi connectivity index (χ0n) is 12.9. The molecule has 0 atom stereocenters. The zero-order valence-corrected chi connectivity index (χ0v) is 14.5. The van der Waals surface area contributed by atoms with Gasteiger partial charge in [0.05, 0.1) is 4.88 Å². The molecule has 0 bridgehead atoms. The lowest BCUT2D eigenvalue weighted by molar-refractivity contribution is 0.422. The van der Waals surface area contributed by atoms with Gasteiger partial charge in [-0.05, 0) is 59.2 Å². The maximum Gasteiger partial charge on any atom is 0.157 e. The predicted molar refractivity (Wildman–Crippen MR) is 88.8 cm³/mol. The molecule has 1 N–H and O–H groups in total. The Balaban J connectivity index is 1.89. The van der Waals surface area contributed by atoms with Crippen LogP contribution >= 0.6 is 22.7 Å². The van der Waals surface area contributed by atoms with Crippen LogP contribution in [0.5, 0.6) is 0 Å². The second kappa shape index (κ2) is 6.33. The van der Waals surface area contributed by atoms with Crippen molar-refractivity contribution in [1.82, 2.24) is 15.5 Å². The summed E-state index contributed by atoms with van der Waals surface area (Å²) in [6, 6.07) is 2.21. The Hall–Kier alpha value is -0.780. The van der Waals surface area contributed by atoms with Crippen molar-refractivity contribution in [2.75, 3.05) is 6.54 Å². The molecule has 2 heterocycles. The summed E-state index contributed by atoms with van der Waals surface area (Å²) < 4.78 is 0. The number of aryl methyl sites for hydroxylation is 3. The van der Waals surface area contributed by atoms with E-state index in [9.17, 15) is 0 Å². The smallest absolute Gasteiger partial charge is 0.157 e. The van der Waals surface area contributed by atoms with Crippen LogP contribution in [-0.4, -0.2) is 22.3 Å². The quantitative estimate of drug-likeness (QED) is 0.841. The monoisotopic (exact) mass is 309 g/mol. The maximum atomic E-state index is 4.33. The molecule has 110 valence electrons. The molecule has 0 aliphatic rings. The fraction of sp³-hybridized carbons (Fsp3) is 0.600. The molecule has 0 aromatic carbocycles. The molecule has 5 heteroatoms. The number of hydrogen-bond acceptors (Lipinski definition) is 5. The summed E-state index contributed by atoms with van der Waals surface area (Å²) in [5.74, 6) is 0. The van der Waals surface area contributed by atoms with E-state index < -0.39 is 0 Å². The normalized spacial score (nSPS) is 12.1. The van der Waals surface area contributed by atoms with Crippen LogP contribution in [0.25, 0.3) is 9.88 Å². The molecule has 0 unspecified atom stereocenters. The Bertz CT molecular complexity index is 544. The summed E-state index contributed by atoms with van der Waals surface area (Å²) in [4.78, 5) is 2.61. The Morgan fingerprint density at radius 1 is 1.15 bits per heavy atom. The van der Waals surface area contributed by atoms with E-state index in [0.717, 1.165) is 29.4 Å². The van der Waals surface area contributed by atoms with E-state index in [0.29, 0.717) is 0 Å². The Morgan fingerprint density at radius 3 is 2.50 bits per heavy atom. The van der Waals surface area contributed by atoms with Crippen molar-refractivity contribution < 1.29 is 0 Å². The fourth-order valence-corrected chi connectivity index (χ4v) is 3.79. The topological polar surface area (TPSA) is 37.8 Å². The van der Waals surface area contributed by atoms with Gasteiger partial charge in [0, 0.05) is 16.8 Å². The van der Waals surface area contributed by atoms with Crippen molar-refractivity contribution in [3.63, 3.8) is 0 Å². The highest BCUT2D eigenvalue weighted by atomic mass is 32.1. The minimum Gasteiger partial charge on any atom is -0.312 e. The number of hydrogen-bond donors (Lipinski definition) is 1. The van der Waals surface area contributed by atoms with E-state index in [1.165, 1.54) is 15.3 Å². The summed E-state index contributed by atoms with van der Waals surface area (Å²) in [5.41, 5.74) is 1.54. The van der Waals surface area contributed by atoms with E-state index in [1.54, 1.807) is 11.3 Å². The molecule has 0 saturated carbocycles. The van der Waals surface area contributed by atoms with Crippen LogP contribution in [-0.2, 0) is 6.42 Å². The van der Waals surface area contributed by atoms with Crippen molar-refractivity contribution in [1.29, 1.82) is 0 Å². The van der Waals surface area contributed by atoms with Gasteiger partial charge in [-0.1, -0.05) is 11.3 Å². The average molecular weight is 310 g/mol. The molecule has 0 aliphatic heterocycles. The Morgan fingerprint density at radius 2 is 1.90 bits per heavy atom. The lowest BCUT2D eigenvalue weighted by Crippen LogP contribution is -2.36. The van der Waals surface area contributed by atoms with Crippen LogP contribution in [0.15, 0.2) is 6.07 Å². The van der Waals surface area contributed by atoms with Gasteiger partial charge in [-0.2, -0.15) is 0 Å². The third-order valence-corrected chi connectivity index (χ3v) is 5.37. The van der Waals surface area contributed by atoms with E-state index in [4.69, 9.17) is 0 Å². The van der Waals surface area contributed by atoms with Gasteiger partial charge in [0.15, 0.2) is 5.01 Å². The van der Waals surface area contributed by atoms with Crippen LogP contribution in [0.4, 0.5) is 0 Å². The predicted octanol–water partition coefficient (Wildman–Crippen LogP) is 4.20. The van der Waals surface area contributed by atoms with Crippen molar-refractivity contribution in [3.8, 4) is 9.88 Å². The summed E-state index contributed by atoms with van der Waals surface area (Å²) in [6.45, 7) is 11.9. The third kappa shape index (κ3) is 4.36. The second-order valence-electron chi connectivity index (χ2n) is 6.13. The van der Waals surface area contributed by atoms with E-state index in [2.05, 4.69) is 56.2 Å². The van der Waals surface area contributed by atoms with Gasteiger partial charge in [-0.15, -0.1) is 21.5 Å². The minimum atomic E-state index is 0.193. The van der Waals surface area contributed by atoms with Crippen LogP contribution in [0.3, 0.4) is 0 Å². The molecule has 3 nitrogen and oxygen atoms in total. The number of rotatable bonds is 5. The van der Waals surface area contributed by atoms with Gasteiger partial charge < -0.3 is 5.32 Å². The first-order valence-electron chi connectivity index (χ1n) is 7.00. The molecular weight excluding hydrogens is 286 g/mol. The summed E-state index contributed by atoms with van der Waals surface area (Å²) in [5, 5.41) is 14.3. The number of thiophene rings is 1. The second-order valence-corrected chi connectivity index (χ2v) is 8.45. The van der Waals surface area contributed by atoms with E-state index in [-0.39, 0.29) is 5.54 Å². The van der Waals surface area contributed by atoms with E-state index in [1.807, 2.05) is 11.3 Å². The van der Waals surface area contributed by atoms with Gasteiger partial charge in [-0.3, -0.25) is 0 Å². The standard InChI is InChI=1S/C15H23N3S2/c1-10-9-12(19-11(10)2)14-18-17-13(20-14)7-6-8-16-15(3,4)5/h9,16H,6-8H2,1-5H3. The lowest BCUT2D eigenvalue weighted by atomic mass is 10.1. The van der Waals surface area contributed by atoms with Gasteiger partial charge in [0.2, 0.25) is 0 Å². The maximum absolute atomic E-state index is 4.33. The molecule has 2 rings (SSSR count). The number of nitrogens with one attached hydrogen (secondary N) is 1. The largest absolute Gasteiger partial charge is 0.312 e. The molecule has 0 saturated heterocycles. The summed E-state index contributed by atoms with van der Waals surface area (Å²) in [7, 11) is 0. The molecule has 2 aromatic rings. The van der Waals surface area contributed by atoms with Crippen LogP contribution < -0.4 is 5.32 Å². The number of nitrogens with zero attached hydrogens (tertiary/aromatic N) is 2. The summed E-state index contributed by atoms with van der Waals surface area (Å²) >= 11 is 3.53. The highest BCUT2D eigenvalue weighted by Gasteiger charge is 2.11. The highest BCUT2D eigenvalue weighted by Crippen LogP contribution is 2.32. The zero-order chi connectivity index (χ0) is 14.8. The van der Waals surface area contributed by atoms with Gasteiger partial charge in [-0.25, -0.2) is 0 Å². The van der Waals surface area contributed by atoms with Gasteiger partial charge in [0.25, 0.3) is 0 Å². The van der Waals surface area contributed by atoms with Crippen molar-refractivity contribution in [3.05, 3.63) is 21.5 Å². The number of aromatic nitrogens is 2. The molecule has 0 fully saturated rings. The minimum absolute atomic E-state index is 0.193. The molecule has 0 spiro atoms. The molecule has 0 amide bonds. The first-order chi connectivity index (χ1) is 9.35. The van der Waals surface area contributed by atoms with Crippen LogP contribution in [0, 0.1) is 13.8 Å². The molecular formula is C15H23N3S2. The van der Waals surface area contributed by atoms with E-state index >= 15 is 0 Å². The van der Waals surface area contributed by atoms with Crippen molar-refractivity contribution in [2.24, 2.45) is 0 Å². The Kier molecular flexibility index (Phi) is 4.94. The van der Waals surface area contributed by atoms with Gasteiger partial charge in [0.1, 0.15) is 5.01 Å². The summed E-state index contributed by atoms with van der Waals surface area (Å²) in [6.07, 6.45) is 2.11. The first-order valence-corrected chi connectivity index (χ1v) is 8.63. The van der Waals surface area contributed by atoms with Crippen molar-refractivity contribution in [2.45, 2.75) is 53.0 Å². The molecule has 2 aromatic heterocycles. The molecule has 0 aliphatic carbocycles.